The van der Waals surface area contributed by atoms with Crippen LogP contribution in [0.4, 0.5) is 11.4 Å². The number of para-hydroxylation sites is 1. The standard InChI is InChI=1S/C12H10ClN3S/c13-8-4-1-2-5-9(8)16-10-6-3-7-15-11(10)12(14)17/h1-7,16H,(H2,14,17). The van der Waals surface area contributed by atoms with Gasteiger partial charge >= 0.3 is 0 Å². The third kappa shape index (κ3) is 2.72. The van der Waals surface area contributed by atoms with E-state index in [9.17, 15) is 0 Å². The minimum atomic E-state index is 0.250. The van der Waals surface area contributed by atoms with Crippen LogP contribution in [-0.4, -0.2) is 9.97 Å². The first kappa shape index (κ1) is 11.8. The number of anilines is 2. The van der Waals surface area contributed by atoms with Crippen molar-refractivity contribution in [2.45, 2.75) is 0 Å². The average molecular weight is 264 g/mol. The summed E-state index contributed by atoms with van der Waals surface area (Å²) >= 11 is 11.0. The summed E-state index contributed by atoms with van der Waals surface area (Å²) in [5.41, 5.74) is 7.69. The highest BCUT2D eigenvalue weighted by molar-refractivity contribution is 7.80. The maximum absolute atomic E-state index is 6.06. The Morgan fingerprint density at radius 2 is 1.88 bits per heavy atom. The fourth-order valence-corrected chi connectivity index (χ4v) is 1.76. The summed E-state index contributed by atoms with van der Waals surface area (Å²) in [7, 11) is 0. The molecule has 2 rings (SSSR count). The first-order valence-electron chi connectivity index (χ1n) is 4.95. The van der Waals surface area contributed by atoms with Gasteiger partial charge in [0, 0.05) is 6.20 Å². The summed E-state index contributed by atoms with van der Waals surface area (Å²) in [6, 6.07) is 11.1. The van der Waals surface area contributed by atoms with Gasteiger partial charge in [-0.15, -0.1) is 0 Å². The third-order valence-electron chi connectivity index (χ3n) is 2.18. The molecule has 0 aliphatic heterocycles. The molecule has 5 heteroatoms. The molecule has 0 fully saturated rings. The van der Waals surface area contributed by atoms with Crippen LogP contribution in [-0.2, 0) is 0 Å². The summed E-state index contributed by atoms with van der Waals surface area (Å²) < 4.78 is 0. The van der Waals surface area contributed by atoms with Crippen LogP contribution in [0.5, 0.6) is 0 Å². The molecule has 1 heterocycles. The zero-order valence-electron chi connectivity index (χ0n) is 8.85. The van der Waals surface area contributed by atoms with E-state index in [4.69, 9.17) is 29.6 Å². The molecule has 0 aliphatic carbocycles. The van der Waals surface area contributed by atoms with E-state index in [1.165, 1.54) is 0 Å². The maximum Gasteiger partial charge on any atom is 0.124 e. The van der Waals surface area contributed by atoms with Crippen LogP contribution in [0, 0.1) is 0 Å². The van der Waals surface area contributed by atoms with E-state index < -0.39 is 0 Å². The second-order valence-electron chi connectivity index (χ2n) is 3.37. The largest absolute Gasteiger partial charge is 0.388 e. The Labute approximate surface area is 110 Å². The molecule has 0 aliphatic rings. The number of hydrogen-bond acceptors (Lipinski definition) is 3. The molecule has 0 bridgehead atoms. The predicted molar refractivity (Wildman–Crippen MR) is 74.9 cm³/mol. The number of thiocarbonyl (C=S) groups is 1. The molecule has 0 amide bonds. The molecule has 0 saturated carbocycles. The number of nitrogens with zero attached hydrogens (tertiary/aromatic N) is 1. The number of pyridine rings is 1. The van der Waals surface area contributed by atoms with Crippen molar-refractivity contribution in [3.63, 3.8) is 0 Å². The van der Waals surface area contributed by atoms with E-state index >= 15 is 0 Å². The lowest BCUT2D eigenvalue weighted by atomic mass is 10.2. The van der Waals surface area contributed by atoms with E-state index in [0.29, 0.717) is 10.7 Å². The fraction of sp³-hybridized carbons (Fsp3) is 0. The van der Waals surface area contributed by atoms with Crippen LogP contribution < -0.4 is 11.1 Å². The van der Waals surface area contributed by atoms with Gasteiger partial charge in [-0.2, -0.15) is 0 Å². The number of hydrogen-bond donors (Lipinski definition) is 2. The highest BCUT2D eigenvalue weighted by atomic mass is 35.5. The Kier molecular flexibility index (Phi) is 3.56. The average Bonchev–Trinajstić information content (AvgIpc) is 2.32. The Morgan fingerprint density at radius 3 is 2.59 bits per heavy atom. The summed E-state index contributed by atoms with van der Waals surface area (Å²) in [5, 5.41) is 3.79. The first-order valence-corrected chi connectivity index (χ1v) is 5.73. The third-order valence-corrected chi connectivity index (χ3v) is 2.71. The van der Waals surface area contributed by atoms with Crippen molar-refractivity contribution < 1.29 is 0 Å². The van der Waals surface area contributed by atoms with E-state index in [1.54, 1.807) is 18.3 Å². The van der Waals surface area contributed by atoms with Crippen molar-refractivity contribution in [2.75, 3.05) is 5.32 Å². The monoisotopic (exact) mass is 263 g/mol. The smallest absolute Gasteiger partial charge is 0.124 e. The Hall–Kier alpha value is -1.65. The Morgan fingerprint density at radius 1 is 1.18 bits per heavy atom. The number of rotatable bonds is 3. The summed E-state index contributed by atoms with van der Waals surface area (Å²) in [6.45, 7) is 0. The molecule has 0 radical (unpaired) electrons. The fourth-order valence-electron chi connectivity index (χ4n) is 1.41. The van der Waals surface area contributed by atoms with E-state index in [0.717, 1.165) is 11.4 Å². The van der Waals surface area contributed by atoms with Gasteiger partial charge in [-0.3, -0.25) is 4.98 Å². The first-order chi connectivity index (χ1) is 8.18. The van der Waals surface area contributed by atoms with Gasteiger partial charge < -0.3 is 11.1 Å². The van der Waals surface area contributed by atoms with Crippen LogP contribution in [0.25, 0.3) is 0 Å². The van der Waals surface area contributed by atoms with E-state index in [2.05, 4.69) is 10.3 Å². The molecule has 2 aromatic rings. The molecular weight excluding hydrogens is 254 g/mol. The molecule has 0 saturated heterocycles. The van der Waals surface area contributed by atoms with Crippen LogP contribution in [0.3, 0.4) is 0 Å². The van der Waals surface area contributed by atoms with Gasteiger partial charge in [0.05, 0.1) is 16.4 Å². The Bertz CT molecular complexity index is 557. The van der Waals surface area contributed by atoms with Crippen LogP contribution in [0.2, 0.25) is 5.02 Å². The zero-order chi connectivity index (χ0) is 12.3. The van der Waals surface area contributed by atoms with Gasteiger partial charge in [-0.05, 0) is 24.3 Å². The summed E-state index contributed by atoms with van der Waals surface area (Å²) in [4.78, 5) is 4.38. The van der Waals surface area contributed by atoms with Crippen molar-refractivity contribution in [1.29, 1.82) is 0 Å². The summed E-state index contributed by atoms with van der Waals surface area (Å²) in [5.74, 6) is 0. The van der Waals surface area contributed by atoms with E-state index in [1.807, 2.05) is 24.3 Å². The molecule has 3 N–H and O–H groups in total. The SMILES string of the molecule is NC(=S)c1ncccc1Nc1ccccc1Cl. The minimum Gasteiger partial charge on any atom is -0.388 e. The van der Waals surface area contributed by atoms with Crippen molar-refractivity contribution in [3.05, 3.63) is 53.3 Å². The van der Waals surface area contributed by atoms with Crippen molar-refractivity contribution in [3.8, 4) is 0 Å². The molecule has 86 valence electrons. The predicted octanol–water partition coefficient (Wildman–Crippen LogP) is 3.11. The molecule has 0 unspecified atom stereocenters. The van der Waals surface area contributed by atoms with Crippen LogP contribution in [0.1, 0.15) is 5.69 Å². The van der Waals surface area contributed by atoms with Gasteiger partial charge in [0.2, 0.25) is 0 Å². The lowest BCUT2D eigenvalue weighted by Crippen LogP contribution is -2.13. The zero-order valence-corrected chi connectivity index (χ0v) is 10.4. The molecule has 0 atom stereocenters. The number of nitrogens with one attached hydrogen (secondary N) is 1. The molecule has 1 aromatic carbocycles. The highest BCUT2D eigenvalue weighted by Crippen LogP contribution is 2.25. The normalized spacial score (nSPS) is 9.94. The second kappa shape index (κ2) is 5.12. The topological polar surface area (TPSA) is 50.9 Å². The van der Waals surface area contributed by atoms with E-state index in [-0.39, 0.29) is 4.99 Å². The number of aromatic nitrogens is 1. The molecule has 3 nitrogen and oxygen atoms in total. The number of nitrogens with two attached hydrogens (primary N) is 1. The van der Waals surface area contributed by atoms with Crippen molar-refractivity contribution in [1.82, 2.24) is 4.98 Å². The summed E-state index contributed by atoms with van der Waals surface area (Å²) in [6.07, 6.45) is 1.65. The van der Waals surface area contributed by atoms with Gasteiger partial charge in [0.15, 0.2) is 0 Å². The van der Waals surface area contributed by atoms with Gasteiger partial charge in [-0.25, -0.2) is 0 Å². The van der Waals surface area contributed by atoms with Gasteiger partial charge in [-0.1, -0.05) is 36.0 Å². The highest BCUT2D eigenvalue weighted by Gasteiger charge is 2.07. The lowest BCUT2D eigenvalue weighted by Gasteiger charge is -2.11. The molecular formula is C12H10ClN3S. The molecule has 0 spiro atoms. The quantitative estimate of drug-likeness (QED) is 0.836. The second-order valence-corrected chi connectivity index (χ2v) is 4.22. The van der Waals surface area contributed by atoms with Gasteiger partial charge in [0.1, 0.15) is 10.7 Å². The molecule has 1 aromatic heterocycles. The van der Waals surface area contributed by atoms with Crippen molar-refractivity contribution in [2.24, 2.45) is 5.73 Å². The number of halogens is 1. The van der Waals surface area contributed by atoms with Crippen molar-refractivity contribution >= 4 is 40.2 Å². The lowest BCUT2D eigenvalue weighted by molar-refractivity contribution is 1.29. The molecule has 17 heavy (non-hydrogen) atoms. The maximum atomic E-state index is 6.06. The minimum absolute atomic E-state index is 0.250. The van der Waals surface area contributed by atoms with Gasteiger partial charge in [0.25, 0.3) is 0 Å². The number of benzene rings is 1. The van der Waals surface area contributed by atoms with Crippen LogP contribution >= 0.6 is 23.8 Å². The van der Waals surface area contributed by atoms with Crippen LogP contribution in [0.15, 0.2) is 42.6 Å². The Balaban J connectivity index is 2.37.